The van der Waals surface area contributed by atoms with E-state index >= 15 is 0 Å². The molecule has 11 rings (SSSR count). The summed E-state index contributed by atoms with van der Waals surface area (Å²) in [5.74, 6) is 1.88. The van der Waals surface area contributed by atoms with Crippen LogP contribution in [0.5, 0.6) is 0 Å². The van der Waals surface area contributed by atoms with Crippen LogP contribution >= 0.6 is 11.3 Å². The number of benzene rings is 7. The Labute approximate surface area is 339 Å². The Kier molecular flexibility index (Phi) is 7.98. The smallest absolute Gasteiger partial charge is 0.164 e. The summed E-state index contributed by atoms with van der Waals surface area (Å²) in [6.45, 7) is 6.51. The number of rotatable bonds is 7. The summed E-state index contributed by atoms with van der Waals surface area (Å²) in [4.78, 5) is 15.6. The minimum Gasteiger partial charge on any atom is -0.307 e. The third kappa shape index (κ3) is 5.26. The molecule has 0 fully saturated rings. The number of allylic oxidation sites excluding steroid dienone is 1. The first-order chi connectivity index (χ1) is 28.7. The van der Waals surface area contributed by atoms with E-state index in [0.717, 1.165) is 71.3 Å². The van der Waals surface area contributed by atoms with Gasteiger partial charge in [-0.1, -0.05) is 146 Å². The number of aromatic nitrogens is 5. The fourth-order valence-corrected chi connectivity index (χ4v) is 9.76. The molecule has 0 aliphatic rings. The molecule has 0 spiro atoms. The molecule has 0 aliphatic carbocycles. The number of thiophene rings is 1. The molecule has 5 nitrogen and oxygen atoms in total. The van der Waals surface area contributed by atoms with Gasteiger partial charge in [-0.15, -0.1) is 11.3 Å². The summed E-state index contributed by atoms with van der Waals surface area (Å²) in [5, 5.41) is 5.85. The highest BCUT2D eigenvalue weighted by atomic mass is 32.1. The number of nitrogens with zero attached hydrogens (tertiary/aromatic N) is 5. The summed E-state index contributed by atoms with van der Waals surface area (Å²) in [6, 6.07) is 57.6. The van der Waals surface area contributed by atoms with Crippen molar-refractivity contribution >= 4 is 76.4 Å². The fraction of sp³-hybridized carbons (Fsp3) is 0.0192. The van der Waals surface area contributed by atoms with E-state index in [9.17, 15) is 0 Å². The maximum absolute atomic E-state index is 5.28. The van der Waals surface area contributed by atoms with Crippen LogP contribution in [0.25, 0.3) is 111 Å². The number of hydrogen-bond donors (Lipinski definition) is 0. The fourth-order valence-electron chi connectivity index (χ4n) is 8.59. The molecule has 0 saturated heterocycles. The van der Waals surface area contributed by atoms with E-state index in [4.69, 9.17) is 15.0 Å². The number of fused-ring (bicyclic) bond motifs is 8. The second kappa shape index (κ2) is 13.7. The first kappa shape index (κ1) is 33.9. The van der Waals surface area contributed by atoms with E-state index in [-0.39, 0.29) is 0 Å². The van der Waals surface area contributed by atoms with Crippen LogP contribution in [0.15, 0.2) is 176 Å². The normalized spacial score (nSPS) is 11.9. The molecular formula is C52H35N5S. The van der Waals surface area contributed by atoms with Crippen LogP contribution in [0.3, 0.4) is 0 Å². The minimum atomic E-state index is 0.622. The Hall–Kier alpha value is -7.41. The molecule has 0 radical (unpaired) electrons. The van der Waals surface area contributed by atoms with Crippen LogP contribution in [-0.4, -0.2) is 24.1 Å². The Balaban J connectivity index is 1.30. The molecule has 0 unspecified atom stereocenters. The maximum Gasteiger partial charge on any atom is 0.164 e. The topological polar surface area (TPSA) is 48.5 Å². The number of hydrogen-bond acceptors (Lipinski definition) is 4. The van der Waals surface area contributed by atoms with Gasteiger partial charge < -0.3 is 9.13 Å². The Morgan fingerprint density at radius 3 is 1.79 bits per heavy atom. The van der Waals surface area contributed by atoms with Gasteiger partial charge >= 0.3 is 0 Å². The van der Waals surface area contributed by atoms with Crippen molar-refractivity contribution < 1.29 is 0 Å². The van der Waals surface area contributed by atoms with Crippen molar-refractivity contribution in [1.29, 1.82) is 0 Å². The van der Waals surface area contributed by atoms with Crippen molar-refractivity contribution in [2.24, 2.45) is 0 Å². The van der Waals surface area contributed by atoms with Crippen molar-refractivity contribution in [3.05, 3.63) is 188 Å². The zero-order valence-corrected chi connectivity index (χ0v) is 32.5. The first-order valence-electron chi connectivity index (χ1n) is 19.4. The quantitative estimate of drug-likeness (QED) is 0.162. The third-order valence-electron chi connectivity index (χ3n) is 11.0. The zero-order chi connectivity index (χ0) is 38.7. The predicted molar refractivity (Wildman–Crippen MR) is 245 cm³/mol. The van der Waals surface area contributed by atoms with Gasteiger partial charge in [-0.25, -0.2) is 15.0 Å². The molecule has 0 N–H and O–H groups in total. The molecule has 274 valence electrons. The van der Waals surface area contributed by atoms with Crippen LogP contribution in [0.1, 0.15) is 18.2 Å². The largest absolute Gasteiger partial charge is 0.307 e. The molecule has 0 atom stereocenters. The highest BCUT2D eigenvalue weighted by Gasteiger charge is 2.25. The molecule has 6 heteroatoms. The van der Waals surface area contributed by atoms with Gasteiger partial charge in [0.05, 0.1) is 22.2 Å². The molecule has 0 aliphatic heterocycles. The lowest BCUT2D eigenvalue weighted by atomic mass is 10.0. The van der Waals surface area contributed by atoms with E-state index in [2.05, 4.69) is 162 Å². The van der Waals surface area contributed by atoms with Crippen molar-refractivity contribution in [2.45, 2.75) is 6.92 Å². The van der Waals surface area contributed by atoms with Crippen molar-refractivity contribution in [3.63, 3.8) is 0 Å². The van der Waals surface area contributed by atoms with Gasteiger partial charge in [0.15, 0.2) is 17.5 Å². The molecule has 4 heterocycles. The monoisotopic (exact) mass is 761 g/mol. The predicted octanol–water partition coefficient (Wildman–Crippen LogP) is 14.0. The lowest BCUT2D eigenvalue weighted by Gasteiger charge is -2.15. The van der Waals surface area contributed by atoms with Gasteiger partial charge in [-0.3, -0.25) is 0 Å². The van der Waals surface area contributed by atoms with E-state index in [1.165, 1.54) is 20.9 Å². The van der Waals surface area contributed by atoms with Gasteiger partial charge in [0.1, 0.15) is 0 Å². The lowest BCUT2D eigenvalue weighted by Crippen LogP contribution is -2.03. The molecule has 0 bridgehead atoms. The highest BCUT2D eigenvalue weighted by molar-refractivity contribution is 7.26. The van der Waals surface area contributed by atoms with Crippen LogP contribution in [0.4, 0.5) is 0 Å². The molecule has 0 amide bonds. The zero-order valence-electron chi connectivity index (χ0n) is 31.7. The third-order valence-corrected chi connectivity index (χ3v) is 12.2. The van der Waals surface area contributed by atoms with Gasteiger partial charge in [-0.2, -0.15) is 0 Å². The molecule has 0 saturated carbocycles. The summed E-state index contributed by atoms with van der Waals surface area (Å²) in [6.07, 6.45) is 6.32. The van der Waals surface area contributed by atoms with Gasteiger partial charge in [-0.05, 0) is 49.4 Å². The summed E-state index contributed by atoms with van der Waals surface area (Å²) in [5.41, 5.74) is 10.5. The minimum absolute atomic E-state index is 0.622. The summed E-state index contributed by atoms with van der Waals surface area (Å²) >= 11 is 1.79. The SMILES string of the molecule is C=Cc1c(/C=C\C)c2ccc3c4ccccc4n(-c4ccccc4)c3c2n1-c1cc(-c2nc(-c3ccccc3)nc(-c3ccccc3)n2)c2c(c1)sc1ccccc12. The molecular weight excluding hydrogens is 727 g/mol. The Morgan fingerprint density at radius 1 is 0.517 bits per heavy atom. The molecule has 58 heavy (non-hydrogen) atoms. The summed E-state index contributed by atoms with van der Waals surface area (Å²) < 4.78 is 7.18. The average molecular weight is 762 g/mol. The van der Waals surface area contributed by atoms with Gasteiger partial charge in [0, 0.05) is 70.0 Å². The van der Waals surface area contributed by atoms with Crippen LogP contribution in [0.2, 0.25) is 0 Å². The van der Waals surface area contributed by atoms with E-state index in [1.54, 1.807) is 11.3 Å². The molecule has 11 aromatic rings. The number of para-hydroxylation sites is 2. The van der Waals surface area contributed by atoms with Crippen molar-refractivity contribution in [3.8, 4) is 45.5 Å². The molecule has 4 aromatic heterocycles. The standard InChI is InChI=1S/C52H35N5S/c1-3-18-37-39-29-30-40-38-25-14-16-27-44(38)56(35-23-12-7-13-24-35)48(40)49(39)57(43(37)4-2)36-31-42(47-41-26-15-17-28-45(41)58-46(47)32-36)52-54-50(33-19-8-5-9-20-33)53-51(55-52)34-21-10-6-11-22-34/h3-32H,2H2,1H3/b18-3-. The van der Waals surface area contributed by atoms with E-state index < -0.39 is 0 Å². The lowest BCUT2D eigenvalue weighted by molar-refractivity contribution is 1.07. The Bertz CT molecular complexity index is 3350. The van der Waals surface area contributed by atoms with E-state index in [0.29, 0.717) is 17.5 Å². The van der Waals surface area contributed by atoms with Crippen LogP contribution < -0.4 is 0 Å². The second-order valence-corrected chi connectivity index (χ2v) is 15.5. The van der Waals surface area contributed by atoms with Crippen molar-refractivity contribution in [1.82, 2.24) is 24.1 Å². The highest BCUT2D eigenvalue weighted by Crippen LogP contribution is 2.45. The second-order valence-electron chi connectivity index (χ2n) is 14.4. The average Bonchev–Trinajstić information content (AvgIpc) is 3.94. The Morgan fingerprint density at radius 2 is 1.10 bits per heavy atom. The van der Waals surface area contributed by atoms with Crippen LogP contribution in [-0.2, 0) is 0 Å². The molecule has 7 aromatic carbocycles. The van der Waals surface area contributed by atoms with E-state index in [1.807, 2.05) is 42.5 Å². The maximum atomic E-state index is 5.28. The van der Waals surface area contributed by atoms with Crippen LogP contribution in [0, 0.1) is 0 Å². The summed E-state index contributed by atoms with van der Waals surface area (Å²) in [7, 11) is 0. The van der Waals surface area contributed by atoms with Gasteiger partial charge in [0.2, 0.25) is 0 Å². The first-order valence-corrected chi connectivity index (χ1v) is 20.3. The van der Waals surface area contributed by atoms with Gasteiger partial charge in [0.25, 0.3) is 0 Å². The van der Waals surface area contributed by atoms with Crippen molar-refractivity contribution in [2.75, 3.05) is 0 Å².